The van der Waals surface area contributed by atoms with Gasteiger partial charge in [-0.1, -0.05) is 41.0 Å². The van der Waals surface area contributed by atoms with Crippen molar-refractivity contribution in [3.05, 3.63) is 0 Å². The van der Waals surface area contributed by atoms with Gasteiger partial charge >= 0.3 is 5.97 Å². The first-order valence-electron chi connectivity index (χ1n) is 8.92. The fraction of sp³-hybridized carbons (Fsp3) is 0.895. The summed E-state index contributed by atoms with van der Waals surface area (Å²) in [5, 5.41) is 0. The molecule has 0 aromatic heterocycles. The molecule has 1 fully saturated rings. The average Bonchev–Trinajstić information content (AvgIpc) is 2.60. The lowest BCUT2D eigenvalue weighted by Crippen LogP contribution is -2.49. The van der Waals surface area contributed by atoms with Gasteiger partial charge in [0.1, 0.15) is 6.10 Å². The summed E-state index contributed by atoms with van der Waals surface area (Å²) in [6.45, 7) is 15.1. The van der Waals surface area contributed by atoms with Gasteiger partial charge in [0, 0.05) is 25.9 Å². The average molecular weight is 325 g/mol. The van der Waals surface area contributed by atoms with E-state index in [9.17, 15) is 9.59 Å². The highest BCUT2D eigenvalue weighted by Crippen LogP contribution is 2.38. The minimum Gasteiger partial charge on any atom is -0.462 e. The van der Waals surface area contributed by atoms with Crippen molar-refractivity contribution < 1.29 is 14.3 Å². The van der Waals surface area contributed by atoms with Crippen LogP contribution in [0.5, 0.6) is 0 Å². The Hall–Kier alpha value is -1.06. The number of rotatable bonds is 5. The topological polar surface area (TPSA) is 46.6 Å². The van der Waals surface area contributed by atoms with E-state index in [2.05, 4.69) is 41.5 Å². The first-order chi connectivity index (χ1) is 10.4. The molecule has 0 N–H and O–H groups in total. The van der Waals surface area contributed by atoms with Gasteiger partial charge in [-0.3, -0.25) is 9.59 Å². The number of amides is 1. The van der Waals surface area contributed by atoms with Crippen LogP contribution < -0.4 is 0 Å². The van der Waals surface area contributed by atoms with Gasteiger partial charge in [-0.25, -0.2) is 0 Å². The summed E-state index contributed by atoms with van der Waals surface area (Å²) in [6.07, 6.45) is 4.47. The van der Waals surface area contributed by atoms with E-state index < -0.39 is 0 Å². The van der Waals surface area contributed by atoms with Crippen LogP contribution >= 0.6 is 0 Å². The smallest absolute Gasteiger partial charge is 0.302 e. The van der Waals surface area contributed by atoms with E-state index in [1.54, 1.807) is 0 Å². The Morgan fingerprint density at radius 1 is 1.17 bits per heavy atom. The molecule has 4 heteroatoms. The maximum Gasteiger partial charge on any atom is 0.302 e. The van der Waals surface area contributed by atoms with E-state index in [4.69, 9.17) is 4.74 Å². The standard InChI is InChI=1S/C19H35NO3/c1-14(20-12-10-8-9-11-17(20)22)19(6,7)13-16(18(3,4)5)23-15(2)21/h14,16H,8-13H2,1-7H3. The van der Waals surface area contributed by atoms with Gasteiger partial charge < -0.3 is 9.64 Å². The molecule has 23 heavy (non-hydrogen) atoms. The molecule has 1 aliphatic heterocycles. The number of esters is 1. The Bertz CT molecular complexity index is 423. The second-order valence-corrected chi connectivity index (χ2v) is 8.73. The van der Waals surface area contributed by atoms with Crippen molar-refractivity contribution in [1.29, 1.82) is 0 Å². The minimum atomic E-state index is -0.237. The molecule has 2 unspecified atom stereocenters. The Morgan fingerprint density at radius 2 is 1.78 bits per heavy atom. The number of ether oxygens (including phenoxy) is 1. The molecule has 1 heterocycles. The van der Waals surface area contributed by atoms with Crippen molar-refractivity contribution in [3.63, 3.8) is 0 Å². The minimum absolute atomic E-state index is 0.118. The lowest BCUT2D eigenvalue weighted by molar-refractivity contribution is -0.156. The predicted octanol–water partition coefficient (Wildman–Crippen LogP) is 4.17. The van der Waals surface area contributed by atoms with Gasteiger partial charge in [0.05, 0.1) is 0 Å². The first kappa shape index (κ1) is 20.0. The summed E-state index contributed by atoms with van der Waals surface area (Å²) in [6, 6.07) is 0.133. The van der Waals surface area contributed by atoms with Crippen LogP contribution in [-0.2, 0) is 14.3 Å². The number of likely N-dealkylation sites (tertiary alicyclic amines) is 1. The SMILES string of the molecule is CC(=O)OC(CC(C)(C)C(C)N1CCCCCC1=O)C(C)(C)C. The third-order valence-electron chi connectivity index (χ3n) is 5.19. The summed E-state index contributed by atoms with van der Waals surface area (Å²) in [5.41, 5.74) is -0.237. The molecule has 0 saturated carbocycles. The third kappa shape index (κ3) is 5.82. The van der Waals surface area contributed by atoms with Crippen LogP contribution in [-0.4, -0.2) is 35.5 Å². The number of carbonyl (C=O) groups excluding carboxylic acids is 2. The molecule has 134 valence electrons. The van der Waals surface area contributed by atoms with Gasteiger partial charge in [0.15, 0.2) is 0 Å². The number of carbonyl (C=O) groups is 2. The molecule has 1 rings (SSSR count). The number of hydrogen-bond acceptors (Lipinski definition) is 3. The summed E-state index contributed by atoms with van der Waals surface area (Å²) >= 11 is 0. The summed E-state index contributed by atoms with van der Waals surface area (Å²) < 4.78 is 5.60. The molecule has 1 saturated heterocycles. The summed E-state index contributed by atoms with van der Waals surface area (Å²) in [7, 11) is 0. The van der Waals surface area contributed by atoms with E-state index in [1.165, 1.54) is 6.92 Å². The van der Waals surface area contributed by atoms with Crippen molar-refractivity contribution in [2.45, 2.75) is 92.7 Å². The molecule has 1 aliphatic rings. The zero-order valence-electron chi connectivity index (χ0n) is 16.1. The largest absolute Gasteiger partial charge is 0.462 e. The predicted molar refractivity (Wildman–Crippen MR) is 93.1 cm³/mol. The van der Waals surface area contributed by atoms with Crippen LogP contribution in [0.1, 0.15) is 80.6 Å². The second-order valence-electron chi connectivity index (χ2n) is 8.73. The summed E-state index contributed by atoms with van der Waals surface area (Å²) in [4.78, 5) is 25.9. The maximum atomic E-state index is 12.4. The number of hydrogen-bond donors (Lipinski definition) is 0. The van der Waals surface area contributed by atoms with E-state index in [0.29, 0.717) is 6.42 Å². The zero-order valence-corrected chi connectivity index (χ0v) is 16.1. The van der Waals surface area contributed by atoms with E-state index in [-0.39, 0.29) is 34.9 Å². The van der Waals surface area contributed by atoms with Crippen LogP contribution in [0.25, 0.3) is 0 Å². The molecule has 0 aromatic rings. The Morgan fingerprint density at radius 3 is 2.30 bits per heavy atom. The maximum absolute atomic E-state index is 12.4. The Kier molecular flexibility index (Phi) is 6.67. The van der Waals surface area contributed by atoms with Crippen LogP contribution in [0.15, 0.2) is 0 Å². The van der Waals surface area contributed by atoms with Crippen molar-refractivity contribution in [1.82, 2.24) is 4.90 Å². The Labute approximate surface area is 141 Å². The van der Waals surface area contributed by atoms with Gasteiger partial charge in [-0.15, -0.1) is 0 Å². The lowest BCUT2D eigenvalue weighted by atomic mass is 9.73. The molecule has 1 amide bonds. The van der Waals surface area contributed by atoms with Crippen molar-refractivity contribution in [3.8, 4) is 0 Å². The molecule has 0 aromatic carbocycles. The number of nitrogens with zero attached hydrogens (tertiary/aromatic N) is 1. The molecule has 4 nitrogen and oxygen atoms in total. The molecule has 0 bridgehead atoms. The molecular weight excluding hydrogens is 290 g/mol. The third-order valence-corrected chi connectivity index (χ3v) is 5.19. The lowest BCUT2D eigenvalue weighted by Gasteiger charge is -2.43. The molecule has 2 atom stereocenters. The van der Waals surface area contributed by atoms with E-state index in [1.807, 2.05) is 4.90 Å². The Balaban J connectivity index is 2.89. The molecule has 0 aliphatic carbocycles. The van der Waals surface area contributed by atoms with Crippen molar-refractivity contribution >= 4 is 11.9 Å². The van der Waals surface area contributed by atoms with Gasteiger partial charge in [-0.2, -0.15) is 0 Å². The van der Waals surface area contributed by atoms with Crippen molar-refractivity contribution in [2.75, 3.05) is 6.54 Å². The van der Waals surface area contributed by atoms with Crippen LogP contribution in [0.2, 0.25) is 0 Å². The first-order valence-corrected chi connectivity index (χ1v) is 8.92. The van der Waals surface area contributed by atoms with E-state index >= 15 is 0 Å². The molecule has 0 spiro atoms. The fourth-order valence-corrected chi connectivity index (χ4v) is 3.21. The second kappa shape index (κ2) is 7.67. The highest BCUT2D eigenvalue weighted by atomic mass is 16.5. The van der Waals surface area contributed by atoms with Gasteiger partial charge in [0.25, 0.3) is 0 Å². The monoisotopic (exact) mass is 325 g/mol. The van der Waals surface area contributed by atoms with Crippen LogP contribution in [0.4, 0.5) is 0 Å². The molecular formula is C19H35NO3. The van der Waals surface area contributed by atoms with Gasteiger partial charge in [-0.05, 0) is 37.0 Å². The summed E-state index contributed by atoms with van der Waals surface area (Å²) in [5.74, 6) is 0.0297. The van der Waals surface area contributed by atoms with E-state index in [0.717, 1.165) is 32.2 Å². The fourth-order valence-electron chi connectivity index (χ4n) is 3.21. The van der Waals surface area contributed by atoms with Crippen LogP contribution in [0, 0.1) is 10.8 Å². The normalized spacial score (nSPS) is 20.0. The highest BCUT2D eigenvalue weighted by molar-refractivity contribution is 5.76. The molecule has 0 radical (unpaired) electrons. The van der Waals surface area contributed by atoms with Gasteiger partial charge in [0.2, 0.25) is 5.91 Å². The highest BCUT2D eigenvalue weighted by Gasteiger charge is 2.39. The van der Waals surface area contributed by atoms with Crippen molar-refractivity contribution in [2.24, 2.45) is 10.8 Å². The quantitative estimate of drug-likeness (QED) is 0.713. The zero-order chi connectivity index (χ0) is 17.8. The van der Waals surface area contributed by atoms with Crippen LogP contribution in [0.3, 0.4) is 0 Å².